The summed E-state index contributed by atoms with van der Waals surface area (Å²) in [6, 6.07) is 8.63. The van der Waals surface area contributed by atoms with Crippen molar-refractivity contribution in [2.24, 2.45) is 0 Å². The summed E-state index contributed by atoms with van der Waals surface area (Å²) in [4.78, 5) is 20.1. The second kappa shape index (κ2) is 8.94. The van der Waals surface area contributed by atoms with Crippen molar-refractivity contribution < 1.29 is 4.52 Å². The molecule has 3 aromatic heterocycles. The molecule has 0 N–H and O–H groups in total. The highest BCUT2D eigenvalue weighted by Gasteiger charge is 2.23. The minimum atomic E-state index is -0.131. The molecule has 8 nitrogen and oxygen atoms in total. The van der Waals surface area contributed by atoms with Gasteiger partial charge >= 0.3 is 0 Å². The molecule has 0 bridgehead atoms. The van der Waals surface area contributed by atoms with Gasteiger partial charge in [0.05, 0.1) is 18.8 Å². The van der Waals surface area contributed by atoms with Crippen molar-refractivity contribution in [2.75, 3.05) is 6.54 Å². The Morgan fingerprint density at radius 3 is 2.79 bits per heavy atom. The Morgan fingerprint density at radius 1 is 1.09 bits per heavy atom. The van der Waals surface area contributed by atoms with E-state index >= 15 is 0 Å². The van der Waals surface area contributed by atoms with Gasteiger partial charge in [-0.1, -0.05) is 30.6 Å². The number of hydrogen-bond acceptors (Lipinski definition) is 6. The summed E-state index contributed by atoms with van der Waals surface area (Å²) in [6.07, 6.45) is 8.37. The van der Waals surface area contributed by atoms with Crippen molar-refractivity contribution in [3.8, 4) is 11.3 Å². The van der Waals surface area contributed by atoms with Crippen molar-refractivity contribution in [2.45, 2.75) is 65.6 Å². The molecule has 172 valence electrons. The quantitative estimate of drug-likeness (QED) is 0.446. The molecule has 0 spiro atoms. The molecular formula is C25H30N6O2. The number of benzene rings is 1. The maximum absolute atomic E-state index is 13.1. The molecule has 8 heteroatoms. The van der Waals surface area contributed by atoms with E-state index in [0.29, 0.717) is 29.8 Å². The van der Waals surface area contributed by atoms with Gasteiger partial charge in [0.2, 0.25) is 5.89 Å². The molecule has 1 aliphatic heterocycles. The standard InChI is InChI=1S/C25H30N6O2/c1-4-20-7-5-6-10-29(20)16-24-26-23(28-33-24)15-30-11-12-31-22(25(30)32)14-21(27-31)19-9-8-17(2)18(3)13-19/h8-9,11-14,20H,4-7,10,15-16H2,1-3H3. The summed E-state index contributed by atoms with van der Waals surface area (Å²) in [5.41, 5.74) is 4.60. The molecule has 4 heterocycles. The van der Waals surface area contributed by atoms with E-state index < -0.39 is 0 Å². The lowest BCUT2D eigenvalue weighted by molar-refractivity contribution is 0.120. The minimum Gasteiger partial charge on any atom is -0.338 e. The Morgan fingerprint density at radius 2 is 1.97 bits per heavy atom. The number of aryl methyl sites for hydroxylation is 2. The van der Waals surface area contributed by atoms with Crippen LogP contribution in [0.2, 0.25) is 0 Å². The number of nitrogens with zero attached hydrogens (tertiary/aromatic N) is 6. The van der Waals surface area contributed by atoms with Gasteiger partial charge in [0.1, 0.15) is 5.52 Å². The van der Waals surface area contributed by atoms with Crippen molar-refractivity contribution in [3.63, 3.8) is 0 Å². The number of fused-ring (bicyclic) bond motifs is 1. The van der Waals surface area contributed by atoms with Crippen LogP contribution in [0, 0.1) is 13.8 Å². The largest absolute Gasteiger partial charge is 0.338 e. The predicted octanol–water partition coefficient (Wildman–Crippen LogP) is 3.98. The topological polar surface area (TPSA) is 81.5 Å². The Hall–Kier alpha value is -3.26. The van der Waals surface area contributed by atoms with E-state index in [1.807, 2.05) is 12.1 Å². The van der Waals surface area contributed by atoms with Crippen LogP contribution in [0.25, 0.3) is 16.8 Å². The molecule has 0 saturated carbocycles. The number of likely N-dealkylation sites (tertiary alicyclic amines) is 1. The van der Waals surface area contributed by atoms with Gasteiger partial charge in [-0.05, 0) is 62.9 Å². The minimum absolute atomic E-state index is 0.131. The Bertz CT molecular complexity index is 1330. The van der Waals surface area contributed by atoms with E-state index in [4.69, 9.17) is 4.52 Å². The normalized spacial score (nSPS) is 17.1. The van der Waals surface area contributed by atoms with Gasteiger partial charge in [0, 0.05) is 24.0 Å². The summed E-state index contributed by atoms with van der Waals surface area (Å²) >= 11 is 0. The van der Waals surface area contributed by atoms with Crippen LogP contribution in [0.1, 0.15) is 55.4 Å². The van der Waals surface area contributed by atoms with Gasteiger partial charge in [0.25, 0.3) is 5.56 Å². The van der Waals surface area contributed by atoms with E-state index in [2.05, 4.69) is 53.0 Å². The second-order valence-electron chi connectivity index (χ2n) is 9.02. The van der Waals surface area contributed by atoms with Crippen LogP contribution in [-0.2, 0) is 13.1 Å². The molecule has 33 heavy (non-hydrogen) atoms. The van der Waals surface area contributed by atoms with E-state index in [-0.39, 0.29) is 12.1 Å². The fraction of sp³-hybridized carbons (Fsp3) is 0.440. The summed E-state index contributed by atoms with van der Waals surface area (Å²) in [5.74, 6) is 1.12. The number of hydrogen-bond donors (Lipinski definition) is 0. The summed E-state index contributed by atoms with van der Waals surface area (Å²) in [7, 11) is 0. The van der Waals surface area contributed by atoms with Crippen LogP contribution in [-0.4, -0.2) is 41.8 Å². The lowest BCUT2D eigenvalue weighted by Crippen LogP contribution is -2.38. The molecule has 1 atom stereocenters. The molecule has 1 aromatic carbocycles. The molecule has 0 amide bonds. The number of piperidine rings is 1. The highest BCUT2D eigenvalue weighted by molar-refractivity contribution is 5.66. The lowest BCUT2D eigenvalue weighted by atomic mass is 10.0. The van der Waals surface area contributed by atoms with Crippen LogP contribution in [0.5, 0.6) is 0 Å². The third-order valence-corrected chi connectivity index (χ3v) is 6.79. The molecule has 1 fully saturated rings. The lowest BCUT2D eigenvalue weighted by Gasteiger charge is -2.33. The molecule has 1 unspecified atom stereocenters. The fourth-order valence-electron chi connectivity index (χ4n) is 4.67. The number of aromatic nitrogens is 5. The zero-order valence-corrected chi connectivity index (χ0v) is 19.5. The highest BCUT2D eigenvalue weighted by Crippen LogP contribution is 2.22. The van der Waals surface area contributed by atoms with Crippen LogP contribution in [0.4, 0.5) is 0 Å². The van der Waals surface area contributed by atoms with Gasteiger partial charge in [-0.2, -0.15) is 10.1 Å². The van der Waals surface area contributed by atoms with Crippen LogP contribution in [0.15, 0.2) is 46.0 Å². The van der Waals surface area contributed by atoms with Crippen LogP contribution < -0.4 is 5.56 Å². The summed E-state index contributed by atoms with van der Waals surface area (Å²) in [5, 5.41) is 8.72. The van der Waals surface area contributed by atoms with Crippen molar-refractivity contribution in [1.82, 2.24) is 29.2 Å². The highest BCUT2D eigenvalue weighted by atomic mass is 16.5. The van der Waals surface area contributed by atoms with Crippen molar-refractivity contribution in [3.05, 3.63) is 69.9 Å². The fourth-order valence-corrected chi connectivity index (χ4v) is 4.67. The summed E-state index contributed by atoms with van der Waals surface area (Å²) in [6.45, 7) is 8.39. The van der Waals surface area contributed by atoms with Crippen molar-refractivity contribution in [1.29, 1.82) is 0 Å². The molecule has 1 saturated heterocycles. The van der Waals surface area contributed by atoms with Gasteiger partial charge in [-0.25, -0.2) is 4.52 Å². The Balaban J connectivity index is 1.36. The van der Waals surface area contributed by atoms with Crippen LogP contribution >= 0.6 is 0 Å². The van der Waals surface area contributed by atoms with Crippen LogP contribution in [0.3, 0.4) is 0 Å². The Labute approximate surface area is 192 Å². The predicted molar refractivity (Wildman–Crippen MR) is 126 cm³/mol. The van der Waals surface area contributed by atoms with Gasteiger partial charge in [-0.3, -0.25) is 9.69 Å². The zero-order valence-electron chi connectivity index (χ0n) is 19.5. The molecule has 4 aromatic rings. The Kier molecular flexibility index (Phi) is 5.85. The molecule has 5 rings (SSSR count). The van der Waals surface area contributed by atoms with E-state index in [0.717, 1.165) is 24.2 Å². The molecule has 0 radical (unpaired) electrons. The van der Waals surface area contributed by atoms with Gasteiger partial charge < -0.3 is 9.09 Å². The zero-order chi connectivity index (χ0) is 22.9. The molecular weight excluding hydrogens is 416 g/mol. The summed E-state index contributed by atoms with van der Waals surface area (Å²) < 4.78 is 8.74. The van der Waals surface area contributed by atoms with E-state index in [1.54, 1.807) is 21.5 Å². The van der Waals surface area contributed by atoms with Crippen molar-refractivity contribution >= 4 is 5.52 Å². The first kappa shape index (κ1) is 21.6. The second-order valence-corrected chi connectivity index (χ2v) is 9.02. The van der Waals surface area contributed by atoms with Gasteiger partial charge in [0.15, 0.2) is 5.82 Å². The van der Waals surface area contributed by atoms with E-state index in [1.165, 1.54) is 30.4 Å². The van der Waals surface area contributed by atoms with E-state index in [9.17, 15) is 4.79 Å². The average molecular weight is 447 g/mol. The van der Waals surface area contributed by atoms with Gasteiger partial charge in [-0.15, -0.1) is 0 Å². The SMILES string of the molecule is CCC1CCCCN1Cc1nc(Cn2ccn3nc(-c4ccc(C)c(C)c4)cc3c2=O)no1. The molecule has 1 aliphatic rings. The first-order valence-electron chi connectivity index (χ1n) is 11.7. The monoisotopic (exact) mass is 446 g/mol. The first-order chi connectivity index (χ1) is 16.0. The smallest absolute Gasteiger partial charge is 0.277 e. The molecule has 0 aliphatic carbocycles. The number of rotatable bonds is 6. The average Bonchev–Trinajstić information content (AvgIpc) is 3.45. The maximum Gasteiger partial charge on any atom is 0.277 e. The third-order valence-electron chi connectivity index (χ3n) is 6.79. The maximum atomic E-state index is 13.1. The first-order valence-corrected chi connectivity index (χ1v) is 11.7. The third kappa shape index (κ3) is 4.35.